The second-order valence-electron chi connectivity index (χ2n) is 4.81. The lowest BCUT2D eigenvalue weighted by atomic mass is 10.0. The second-order valence-corrected chi connectivity index (χ2v) is 4.81. The van der Waals surface area contributed by atoms with Gasteiger partial charge in [0.25, 0.3) is 5.91 Å². The van der Waals surface area contributed by atoms with Crippen LogP contribution in [0.2, 0.25) is 0 Å². The Morgan fingerprint density at radius 1 is 1.09 bits per heavy atom. The summed E-state index contributed by atoms with van der Waals surface area (Å²) in [6.45, 7) is 0. The van der Waals surface area contributed by atoms with Crippen molar-refractivity contribution >= 4 is 5.91 Å². The normalized spacial score (nSPS) is 10.7. The average molecular weight is 317 g/mol. The molecule has 0 unspecified atom stereocenters. The minimum Gasteiger partial charge on any atom is -0.366 e. The molecule has 1 amide bonds. The smallest absolute Gasteiger partial charge is 0.251 e. The maximum absolute atomic E-state index is 13.5. The Morgan fingerprint density at radius 2 is 1.74 bits per heavy atom. The molecular formula is C16H10F3N3O. The first kappa shape index (κ1) is 14.8. The highest BCUT2D eigenvalue weighted by atomic mass is 19.2. The number of hydrogen-bond donors (Lipinski definition) is 1. The molecule has 0 spiro atoms. The van der Waals surface area contributed by atoms with E-state index in [9.17, 15) is 18.0 Å². The van der Waals surface area contributed by atoms with Crippen LogP contribution in [0.4, 0.5) is 13.2 Å². The van der Waals surface area contributed by atoms with Gasteiger partial charge in [0.15, 0.2) is 17.5 Å². The fraction of sp³-hybridized carbons (Fsp3) is 0. The molecule has 2 N–H and O–H groups in total. The van der Waals surface area contributed by atoms with Crippen molar-refractivity contribution in [1.82, 2.24) is 9.78 Å². The number of carbonyl (C=O) groups is 1. The summed E-state index contributed by atoms with van der Waals surface area (Å²) in [6.07, 6.45) is 2.68. The van der Waals surface area contributed by atoms with Crippen molar-refractivity contribution in [2.75, 3.05) is 0 Å². The third-order valence-electron chi connectivity index (χ3n) is 3.31. The van der Waals surface area contributed by atoms with Gasteiger partial charge < -0.3 is 5.73 Å². The summed E-state index contributed by atoms with van der Waals surface area (Å²) in [5, 5.41) is 4.01. The van der Waals surface area contributed by atoms with Crippen molar-refractivity contribution in [3.05, 3.63) is 71.8 Å². The molecule has 116 valence electrons. The molecule has 4 nitrogen and oxygen atoms in total. The van der Waals surface area contributed by atoms with Gasteiger partial charge in [-0.2, -0.15) is 5.10 Å². The van der Waals surface area contributed by atoms with Gasteiger partial charge in [-0.05, 0) is 23.8 Å². The Balaban J connectivity index is 2.16. The number of aromatic nitrogens is 2. The molecule has 3 aromatic rings. The molecule has 1 aromatic heterocycles. The van der Waals surface area contributed by atoms with Crippen LogP contribution >= 0.6 is 0 Å². The fourth-order valence-electron chi connectivity index (χ4n) is 2.21. The first-order valence-electron chi connectivity index (χ1n) is 6.56. The summed E-state index contributed by atoms with van der Waals surface area (Å²) in [7, 11) is 0. The van der Waals surface area contributed by atoms with Crippen molar-refractivity contribution in [1.29, 1.82) is 0 Å². The number of amides is 1. The highest BCUT2D eigenvalue weighted by Crippen LogP contribution is 2.29. The highest BCUT2D eigenvalue weighted by molar-refractivity contribution is 5.92. The van der Waals surface area contributed by atoms with Crippen molar-refractivity contribution in [2.24, 2.45) is 5.73 Å². The van der Waals surface area contributed by atoms with E-state index < -0.39 is 23.4 Å². The van der Waals surface area contributed by atoms with Crippen LogP contribution in [-0.4, -0.2) is 15.7 Å². The van der Waals surface area contributed by atoms with E-state index in [1.54, 1.807) is 24.3 Å². The molecule has 2 aromatic carbocycles. The Morgan fingerprint density at radius 3 is 2.35 bits per heavy atom. The van der Waals surface area contributed by atoms with Gasteiger partial charge in [-0.1, -0.05) is 18.2 Å². The van der Waals surface area contributed by atoms with Crippen molar-refractivity contribution < 1.29 is 18.0 Å². The quantitative estimate of drug-likeness (QED) is 0.755. The zero-order valence-electron chi connectivity index (χ0n) is 11.6. The summed E-state index contributed by atoms with van der Waals surface area (Å²) in [6, 6.07) is 8.40. The first-order chi connectivity index (χ1) is 11.0. The van der Waals surface area contributed by atoms with Crippen LogP contribution in [0.3, 0.4) is 0 Å². The van der Waals surface area contributed by atoms with E-state index in [0.29, 0.717) is 11.3 Å². The molecule has 0 aliphatic carbocycles. The van der Waals surface area contributed by atoms with Crippen LogP contribution in [0.5, 0.6) is 0 Å². The van der Waals surface area contributed by atoms with Crippen molar-refractivity contribution in [3.63, 3.8) is 0 Å². The molecule has 0 saturated carbocycles. The van der Waals surface area contributed by atoms with E-state index in [1.165, 1.54) is 17.1 Å². The Bertz CT molecular complexity index is 882. The van der Waals surface area contributed by atoms with Gasteiger partial charge in [-0.15, -0.1) is 0 Å². The Labute approximate surface area is 129 Å². The Hall–Kier alpha value is -3.09. The van der Waals surface area contributed by atoms with E-state index >= 15 is 0 Å². The number of hydrogen-bond acceptors (Lipinski definition) is 2. The largest absolute Gasteiger partial charge is 0.366 e. The predicted octanol–water partition coefficient (Wildman–Crippen LogP) is 3.06. The maximum Gasteiger partial charge on any atom is 0.251 e. The van der Waals surface area contributed by atoms with E-state index in [1.807, 2.05) is 0 Å². The summed E-state index contributed by atoms with van der Waals surface area (Å²) in [4.78, 5) is 11.2. The SMILES string of the molecule is NC(=O)c1cnn(-c2ccccc2-c2cc(F)c(F)c(F)c2)c1. The zero-order valence-corrected chi connectivity index (χ0v) is 11.6. The zero-order chi connectivity index (χ0) is 16.6. The molecule has 23 heavy (non-hydrogen) atoms. The number of para-hydroxylation sites is 1. The molecule has 0 fully saturated rings. The van der Waals surface area contributed by atoms with Gasteiger partial charge in [0.05, 0.1) is 17.4 Å². The number of nitrogens with two attached hydrogens (primary N) is 1. The second kappa shape index (κ2) is 5.60. The number of carbonyl (C=O) groups excluding carboxylic acids is 1. The predicted molar refractivity (Wildman–Crippen MR) is 77.4 cm³/mol. The maximum atomic E-state index is 13.5. The summed E-state index contributed by atoms with van der Waals surface area (Å²) >= 11 is 0. The van der Waals surface area contributed by atoms with Crippen LogP contribution in [-0.2, 0) is 0 Å². The molecule has 3 rings (SSSR count). The standard InChI is InChI=1S/C16H10F3N3O/c17-12-5-9(6-13(18)15(12)19)11-3-1-2-4-14(11)22-8-10(7-21-22)16(20)23/h1-8H,(H2,20,23). The van der Waals surface area contributed by atoms with Gasteiger partial charge in [0.2, 0.25) is 0 Å². The van der Waals surface area contributed by atoms with Gasteiger partial charge in [0.1, 0.15) is 0 Å². The molecule has 0 bridgehead atoms. The van der Waals surface area contributed by atoms with E-state index in [2.05, 4.69) is 5.10 Å². The minimum atomic E-state index is -1.53. The molecule has 0 aliphatic rings. The lowest BCUT2D eigenvalue weighted by molar-refractivity contribution is 0.100. The molecule has 0 atom stereocenters. The molecule has 0 aliphatic heterocycles. The van der Waals surface area contributed by atoms with Crippen LogP contribution < -0.4 is 5.73 Å². The number of primary amides is 1. The lowest BCUT2D eigenvalue weighted by Gasteiger charge is -2.10. The summed E-state index contributed by atoms with van der Waals surface area (Å²) in [5.74, 6) is -4.74. The lowest BCUT2D eigenvalue weighted by Crippen LogP contribution is -2.09. The number of benzene rings is 2. The summed E-state index contributed by atoms with van der Waals surface area (Å²) in [5.41, 5.74) is 6.40. The molecular weight excluding hydrogens is 307 g/mol. The number of halogens is 3. The van der Waals surface area contributed by atoms with Gasteiger partial charge in [-0.25, -0.2) is 17.9 Å². The van der Waals surface area contributed by atoms with Crippen molar-refractivity contribution in [2.45, 2.75) is 0 Å². The van der Waals surface area contributed by atoms with Gasteiger partial charge in [-0.3, -0.25) is 4.79 Å². The topological polar surface area (TPSA) is 60.9 Å². The average Bonchev–Trinajstić information content (AvgIpc) is 3.02. The van der Waals surface area contributed by atoms with Crippen molar-refractivity contribution in [3.8, 4) is 16.8 Å². The van der Waals surface area contributed by atoms with E-state index in [0.717, 1.165) is 12.1 Å². The third kappa shape index (κ3) is 2.68. The van der Waals surface area contributed by atoms with Gasteiger partial charge in [0, 0.05) is 11.8 Å². The Kier molecular flexibility index (Phi) is 3.61. The highest BCUT2D eigenvalue weighted by Gasteiger charge is 2.15. The third-order valence-corrected chi connectivity index (χ3v) is 3.31. The summed E-state index contributed by atoms with van der Waals surface area (Å²) < 4.78 is 41.4. The molecule has 1 heterocycles. The van der Waals surface area contributed by atoms with E-state index in [-0.39, 0.29) is 11.1 Å². The molecule has 7 heteroatoms. The van der Waals surface area contributed by atoms with Gasteiger partial charge >= 0.3 is 0 Å². The van der Waals surface area contributed by atoms with Crippen LogP contribution in [0, 0.1) is 17.5 Å². The van der Waals surface area contributed by atoms with Crippen LogP contribution in [0.1, 0.15) is 10.4 Å². The van der Waals surface area contributed by atoms with Crippen LogP contribution in [0.25, 0.3) is 16.8 Å². The number of nitrogens with zero attached hydrogens (tertiary/aromatic N) is 2. The minimum absolute atomic E-state index is 0.146. The molecule has 0 radical (unpaired) electrons. The van der Waals surface area contributed by atoms with E-state index in [4.69, 9.17) is 5.73 Å². The first-order valence-corrected chi connectivity index (χ1v) is 6.56. The molecule has 0 saturated heterocycles. The fourth-order valence-corrected chi connectivity index (χ4v) is 2.21. The van der Waals surface area contributed by atoms with Crippen LogP contribution in [0.15, 0.2) is 48.8 Å². The number of rotatable bonds is 3. The monoisotopic (exact) mass is 317 g/mol.